The summed E-state index contributed by atoms with van der Waals surface area (Å²) in [4.78, 5) is 39.1. The van der Waals surface area contributed by atoms with Gasteiger partial charge < -0.3 is 16.0 Å². The number of halogens is 1. The van der Waals surface area contributed by atoms with E-state index in [0.717, 1.165) is 24.2 Å². The third-order valence-corrected chi connectivity index (χ3v) is 4.57. The van der Waals surface area contributed by atoms with Gasteiger partial charge in [-0.15, -0.1) is 12.4 Å². The molecule has 3 N–H and O–H groups in total. The fourth-order valence-corrected chi connectivity index (χ4v) is 3.05. The third-order valence-electron chi connectivity index (χ3n) is 4.57. The highest BCUT2D eigenvalue weighted by Gasteiger charge is 2.56. The number of urea groups is 1. The van der Waals surface area contributed by atoms with Crippen LogP contribution >= 0.6 is 12.4 Å². The van der Waals surface area contributed by atoms with Gasteiger partial charge in [-0.05, 0) is 32.1 Å². The van der Waals surface area contributed by atoms with E-state index in [0.29, 0.717) is 13.1 Å². The number of amides is 4. The van der Waals surface area contributed by atoms with Crippen molar-refractivity contribution in [1.29, 1.82) is 0 Å². The van der Waals surface area contributed by atoms with E-state index in [1.807, 2.05) is 0 Å². The van der Waals surface area contributed by atoms with Crippen LogP contribution in [0, 0.1) is 5.92 Å². The number of carbonyl (C=O) groups excluding carboxylic acids is 3. The van der Waals surface area contributed by atoms with Crippen LogP contribution in [0.1, 0.15) is 26.2 Å². The van der Waals surface area contributed by atoms with Crippen LogP contribution in [0.25, 0.3) is 0 Å². The van der Waals surface area contributed by atoms with E-state index in [9.17, 15) is 14.4 Å². The van der Waals surface area contributed by atoms with Gasteiger partial charge in [0.15, 0.2) is 0 Å². The number of hydrogen-bond donors (Lipinski definition) is 2. The average Bonchev–Trinajstić information content (AvgIpc) is 3.13. The third kappa shape index (κ3) is 2.72. The Hall–Kier alpha value is -1.34. The Labute approximate surface area is 129 Å². The second kappa shape index (κ2) is 5.46. The second-order valence-electron chi connectivity index (χ2n) is 6.19. The first kappa shape index (κ1) is 16.0. The summed E-state index contributed by atoms with van der Waals surface area (Å²) >= 11 is 0. The van der Waals surface area contributed by atoms with Gasteiger partial charge in [-0.3, -0.25) is 14.5 Å². The van der Waals surface area contributed by atoms with Gasteiger partial charge in [0.25, 0.3) is 5.91 Å². The first-order chi connectivity index (χ1) is 9.41. The fraction of sp³-hybridized carbons (Fsp3) is 0.769. The van der Waals surface area contributed by atoms with E-state index in [1.54, 1.807) is 11.8 Å². The first-order valence-corrected chi connectivity index (χ1v) is 7.09. The molecular weight excluding hydrogens is 296 g/mol. The minimum absolute atomic E-state index is 0. The summed E-state index contributed by atoms with van der Waals surface area (Å²) < 4.78 is 0. The summed E-state index contributed by atoms with van der Waals surface area (Å²) in [6, 6.07) is -0.458. The lowest BCUT2D eigenvalue weighted by molar-refractivity contribution is -0.138. The molecule has 3 fully saturated rings. The molecule has 2 saturated heterocycles. The topological polar surface area (TPSA) is 95.7 Å². The number of carbonyl (C=O) groups is 3. The van der Waals surface area contributed by atoms with Gasteiger partial charge in [0.05, 0.1) is 0 Å². The van der Waals surface area contributed by atoms with Crippen molar-refractivity contribution in [3.63, 3.8) is 0 Å². The van der Waals surface area contributed by atoms with Crippen LogP contribution in [-0.2, 0) is 9.59 Å². The number of hydrogen-bond acceptors (Lipinski definition) is 4. The Balaban J connectivity index is 0.00000161. The predicted molar refractivity (Wildman–Crippen MR) is 77.8 cm³/mol. The van der Waals surface area contributed by atoms with Crippen molar-refractivity contribution in [3.05, 3.63) is 0 Å². The number of nitrogens with zero attached hydrogens (tertiary/aromatic N) is 2. The van der Waals surface area contributed by atoms with Crippen molar-refractivity contribution in [2.75, 3.05) is 19.6 Å². The van der Waals surface area contributed by atoms with Crippen LogP contribution < -0.4 is 11.1 Å². The average molecular weight is 317 g/mol. The minimum atomic E-state index is -0.821. The number of rotatable bonds is 3. The van der Waals surface area contributed by atoms with Crippen molar-refractivity contribution in [1.82, 2.24) is 15.1 Å². The molecule has 21 heavy (non-hydrogen) atoms. The van der Waals surface area contributed by atoms with Gasteiger partial charge in [-0.2, -0.15) is 0 Å². The van der Waals surface area contributed by atoms with Crippen LogP contribution in [0.2, 0.25) is 0 Å². The van der Waals surface area contributed by atoms with Crippen LogP contribution in [0.3, 0.4) is 0 Å². The van der Waals surface area contributed by atoms with Crippen molar-refractivity contribution in [2.45, 2.75) is 37.8 Å². The molecule has 0 spiro atoms. The molecule has 0 aromatic heterocycles. The highest BCUT2D eigenvalue weighted by atomic mass is 35.5. The number of likely N-dealkylation sites (tertiary alicyclic amines) is 1. The molecule has 7 nitrogen and oxygen atoms in total. The van der Waals surface area contributed by atoms with Crippen molar-refractivity contribution in [2.24, 2.45) is 11.7 Å². The van der Waals surface area contributed by atoms with Crippen molar-refractivity contribution in [3.8, 4) is 0 Å². The summed E-state index contributed by atoms with van der Waals surface area (Å²) in [5.41, 5.74) is 4.94. The van der Waals surface area contributed by atoms with Crippen molar-refractivity contribution < 1.29 is 14.4 Å². The smallest absolute Gasteiger partial charge is 0.325 e. The van der Waals surface area contributed by atoms with Crippen LogP contribution in [-0.4, -0.2) is 58.9 Å². The van der Waals surface area contributed by atoms with Gasteiger partial charge in [-0.25, -0.2) is 4.79 Å². The summed E-state index contributed by atoms with van der Waals surface area (Å²) in [7, 11) is 0. The molecule has 2 heterocycles. The maximum Gasteiger partial charge on any atom is 0.325 e. The Morgan fingerprint density at radius 3 is 2.57 bits per heavy atom. The van der Waals surface area contributed by atoms with E-state index in [4.69, 9.17) is 5.73 Å². The standard InChI is InChI=1S/C13H20N4O3.ClH/c1-13(8-2-3-8)11(19)17(12(20)15-13)7-10(18)16-5-4-9(14)6-16;/h8-9H,2-7,14H2,1H3,(H,15,20);1H/t9-,13?;/m1./s1. The number of nitrogens with one attached hydrogen (secondary N) is 1. The van der Waals surface area contributed by atoms with Gasteiger partial charge in [-0.1, -0.05) is 0 Å². The Bertz CT molecular complexity index is 482. The zero-order chi connectivity index (χ0) is 14.5. The molecule has 1 unspecified atom stereocenters. The summed E-state index contributed by atoms with van der Waals surface area (Å²) in [6.45, 7) is 2.67. The zero-order valence-corrected chi connectivity index (χ0v) is 12.8. The normalized spacial score (nSPS) is 32.2. The number of nitrogens with two attached hydrogens (primary N) is 1. The van der Waals surface area contributed by atoms with Gasteiger partial charge >= 0.3 is 6.03 Å². The van der Waals surface area contributed by atoms with Crippen molar-refractivity contribution >= 4 is 30.3 Å². The van der Waals surface area contributed by atoms with E-state index >= 15 is 0 Å². The SMILES string of the molecule is CC1(C2CC2)NC(=O)N(CC(=O)N2CC[C@@H](N)C2)C1=O.Cl. The molecule has 3 rings (SSSR count). The highest BCUT2D eigenvalue weighted by Crippen LogP contribution is 2.42. The maximum atomic E-state index is 12.4. The highest BCUT2D eigenvalue weighted by molar-refractivity contribution is 6.09. The number of imide groups is 1. The molecule has 0 bridgehead atoms. The molecular formula is C13H21ClN4O3. The largest absolute Gasteiger partial charge is 0.340 e. The molecule has 0 radical (unpaired) electrons. The van der Waals surface area contributed by atoms with E-state index in [-0.39, 0.29) is 42.7 Å². The molecule has 2 aliphatic heterocycles. The second-order valence-corrected chi connectivity index (χ2v) is 6.19. The lowest BCUT2D eigenvalue weighted by atomic mass is 9.96. The molecule has 0 aromatic rings. The first-order valence-electron chi connectivity index (χ1n) is 7.09. The molecule has 118 valence electrons. The minimum Gasteiger partial charge on any atom is -0.340 e. The Kier molecular flexibility index (Phi) is 4.17. The van der Waals surface area contributed by atoms with E-state index in [2.05, 4.69) is 5.32 Å². The Morgan fingerprint density at radius 2 is 2.05 bits per heavy atom. The van der Waals surface area contributed by atoms with Crippen LogP contribution in [0.15, 0.2) is 0 Å². The van der Waals surface area contributed by atoms with Gasteiger partial charge in [0, 0.05) is 19.1 Å². The van der Waals surface area contributed by atoms with E-state index < -0.39 is 11.6 Å². The molecule has 1 saturated carbocycles. The molecule has 0 aromatic carbocycles. The molecule has 3 aliphatic rings. The zero-order valence-electron chi connectivity index (χ0n) is 12.0. The lowest BCUT2D eigenvalue weighted by Gasteiger charge is -2.22. The van der Waals surface area contributed by atoms with Gasteiger partial charge in [0.1, 0.15) is 12.1 Å². The summed E-state index contributed by atoms with van der Waals surface area (Å²) in [6.07, 6.45) is 2.67. The van der Waals surface area contributed by atoms with E-state index in [1.165, 1.54) is 0 Å². The lowest BCUT2D eigenvalue weighted by Crippen LogP contribution is -2.47. The molecule has 1 aliphatic carbocycles. The van der Waals surface area contributed by atoms with Crippen LogP contribution in [0.5, 0.6) is 0 Å². The quantitative estimate of drug-likeness (QED) is 0.698. The monoisotopic (exact) mass is 316 g/mol. The molecule has 8 heteroatoms. The predicted octanol–water partition coefficient (Wildman–Crippen LogP) is -0.312. The maximum absolute atomic E-state index is 12.4. The van der Waals surface area contributed by atoms with Gasteiger partial charge in [0.2, 0.25) is 5.91 Å². The summed E-state index contributed by atoms with van der Waals surface area (Å²) in [5.74, 6) is -0.275. The summed E-state index contributed by atoms with van der Waals surface area (Å²) in [5, 5.41) is 2.74. The van der Waals surface area contributed by atoms with Crippen LogP contribution in [0.4, 0.5) is 4.79 Å². The Morgan fingerprint density at radius 1 is 1.38 bits per heavy atom. The molecule has 2 atom stereocenters. The molecule has 4 amide bonds. The fourth-order valence-electron chi connectivity index (χ4n) is 3.05.